The highest BCUT2D eigenvalue weighted by molar-refractivity contribution is 7.09. The summed E-state index contributed by atoms with van der Waals surface area (Å²) >= 11 is 1.62. The minimum absolute atomic E-state index is 0.0127. The molecular formula is C20H35N5O2S. The fraction of sp³-hybridized carbons (Fsp3) is 0.750. The summed E-state index contributed by atoms with van der Waals surface area (Å²) in [7, 11) is 3.70. The SMILES string of the molecule is CCNC(=NCCNC(=O)C1CCCCC1)N(C)Cc1csc(C(C)OC)n1. The second kappa shape index (κ2) is 12.0. The molecule has 158 valence electrons. The molecule has 0 spiro atoms. The van der Waals surface area contributed by atoms with E-state index in [9.17, 15) is 4.79 Å². The van der Waals surface area contributed by atoms with Gasteiger partial charge in [-0.3, -0.25) is 9.79 Å². The van der Waals surface area contributed by atoms with E-state index in [1.807, 2.05) is 14.0 Å². The molecule has 0 radical (unpaired) electrons. The maximum Gasteiger partial charge on any atom is 0.223 e. The fourth-order valence-corrected chi connectivity index (χ4v) is 4.16. The van der Waals surface area contributed by atoms with E-state index in [2.05, 4.69) is 37.8 Å². The average molecular weight is 410 g/mol. The molecule has 0 bridgehead atoms. The molecule has 0 aromatic carbocycles. The van der Waals surface area contributed by atoms with Crippen molar-refractivity contribution >= 4 is 23.2 Å². The Bertz CT molecular complexity index is 628. The van der Waals surface area contributed by atoms with Crippen molar-refractivity contribution in [3.63, 3.8) is 0 Å². The number of guanidine groups is 1. The Balaban J connectivity index is 1.82. The Labute approximate surface area is 173 Å². The number of nitrogens with zero attached hydrogens (tertiary/aromatic N) is 3. The molecule has 1 aromatic heterocycles. The molecule has 1 aliphatic carbocycles. The molecule has 2 rings (SSSR count). The normalized spacial score (nSPS) is 16.6. The van der Waals surface area contributed by atoms with Crippen LogP contribution in [0.4, 0.5) is 0 Å². The van der Waals surface area contributed by atoms with Gasteiger partial charge in [-0.25, -0.2) is 4.98 Å². The molecule has 1 heterocycles. The summed E-state index contributed by atoms with van der Waals surface area (Å²) < 4.78 is 5.33. The Morgan fingerprint density at radius 2 is 2.14 bits per heavy atom. The van der Waals surface area contributed by atoms with Crippen LogP contribution in [-0.4, -0.2) is 55.5 Å². The van der Waals surface area contributed by atoms with E-state index in [1.54, 1.807) is 18.4 Å². The van der Waals surface area contributed by atoms with E-state index in [-0.39, 0.29) is 17.9 Å². The van der Waals surface area contributed by atoms with Gasteiger partial charge < -0.3 is 20.3 Å². The van der Waals surface area contributed by atoms with Crippen LogP contribution in [-0.2, 0) is 16.1 Å². The number of methoxy groups -OCH3 is 1. The van der Waals surface area contributed by atoms with Gasteiger partial charge in [0.05, 0.1) is 18.8 Å². The molecule has 2 N–H and O–H groups in total. The lowest BCUT2D eigenvalue weighted by Crippen LogP contribution is -2.39. The molecule has 1 unspecified atom stereocenters. The monoisotopic (exact) mass is 409 g/mol. The van der Waals surface area contributed by atoms with Gasteiger partial charge >= 0.3 is 0 Å². The lowest BCUT2D eigenvalue weighted by molar-refractivity contribution is -0.125. The summed E-state index contributed by atoms with van der Waals surface area (Å²) in [5, 5.41) is 9.40. The number of aliphatic imine (C=N–C) groups is 1. The number of carbonyl (C=O) groups excluding carboxylic acids is 1. The van der Waals surface area contributed by atoms with E-state index < -0.39 is 0 Å². The molecule has 1 aromatic rings. The van der Waals surface area contributed by atoms with Crippen molar-refractivity contribution in [1.29, 1.82) is 0 Å². The zero-order chi connectivity index (χ0) is 20.4. The third-order valence-electron chi connectivity index (χ3n) is 5.02. The molecule has 0 saturated heterocycles. The predicted molar refractivity (Wildman–Crippen MR) is 115 cm³/mol. The molecule has 1 aliphatic rings. The van der Waals surface area contributed by atoms with Gasteiger partial charge in [-0.15, -0.1) is 11.3 Å². The van der Waals surface area contributed by atoms with Crippen molar-refractivity contribution < 1.29 is 9.53 Å². The summed E-state index contributed by atoms with van der Waals surface area (Å²) in [5.74, 6) is 1.21. The first-order valence-corrected chi connectivity index (χ1v) is 11.2. The Morgan fingerprint density at radius 1 is 1.39 bits per heavy atom. The highest BCUT2D eigenvalue weighted by atomic mass is 32.1. The van der Waals surface area contributed by atoms with Gasteiger partial charge in [0, 0.05) is 38.5 Å². The van der Waals surface area contributed by atoms with Crippen LogP contribution < -0.4 is 10.6 Å². The number of amides is 1. The maximum absolute atomic E-state index is 12.2. The van der Waals surface area contributed by atoms with Gasteiger partial charge in [0.2, 0.25) is 5.91 Å². The van der Waals surface area contributed by atoms with Gasteiger partial charge in [0.25, 0.3) is 0 Å². The van der Waals surface area contributed by atoms with Crippen molar-refractivity contribution in [1.82, 2.24) is 20.5 Å². The van der Waals surface area contributed by atoms with Gasteiger partial charge in [0.1, 0.15) is 11.1 Å². The minimum atomic E-state index is 0.0127. The molecular weight excluding hydrogens is 374 g/mol. The van der Waals surface area contributed by atoms with Crippen molar-refractivity contribution in [2.75, 3.05) is 33.8 Å². The van der Waals surface area contributed by atoms with Crippen molar-refractivity contribution in [3.8, 4) is 0 Å². The zero-order valence-electron chi connectivity index (χ0n) is 17.7. The molecule has 0 aliphatic heterocycles. The largest absolute Gasteiger partial charge is 0.375 e. The summed E-state index contributed by atoms with van der Waals surface area (Å²) in [5.41, 5.74) is 1.00. The van der Waals surface area contributed by atoms with E-state index >= 15 is 0 Å². The highest BCUT2D eigenvalue weighted by Crippen LogP contribution is 2.23. The first-order valence-electron chi connectivity index (χ1n) is 10.3. The Kier molecular flexibility index (Phi) is 9.70. The summed E-state index contributed by atoms with van der Waals surface area (Å²) in [6.45, 7) is 6.65. The maximum atomic E-state index is 12.2. The molecule has 1 saturated carbocycles. The second-order valence-electron chi connectivity index (χ2n) is 7.27. The van der Waals surface area contributed by atoms with E-state index in [0.717, 1.165) is 36.0 Å². The minimum Gasteiger partial charge on any atom is -0.375 e. The van der Waals surface area contributed by atoms with E-state index in [1.165, 1.54) is 19.3 Å². The van der Waals surface area contributed by atoms with Gasteiger partial charge in [-0.1, -0.05) is 19.3 Å². The first-order chi connectivity index (χ1) is 13.5. The number of hydrogen-bond donors (Lipinski definition) is 2. The van der Waals surface area contributed by atoms with Gasteiger partial charge in [-0.2, -0.15) is 0 Å². The van der Waals surface area contributed by atoms with Crippen molar-refractivity contribution in [2.24, 2.45) is 10.9 Å². The van der Waals surface area contributed by atoms with Crippen LogP contribution >= 0.6 is 11.3 Å². The van der Waals surface area contributed by atoms with Crippen LogP contribution in [0.2, 0.25) is 0 Å². The van der Waals surface area contributed by atoms with Crippen LogP contribution in [0.25, 0.3) is 0 Å². The third kappa shape index (κ3) is 7.05. The molecule has 1 fully saturated rings. The van der Waals surface area contributed by atoms with Crippen LogP contribution in [0.1, 0.15) is 62.8 Å². The first kappa shape index (κ1) is 22.6. The molecule has 1 amide bonds. The number of ether oxygens (including phenoxy) is 1. The van der Waals surface area contributed by atoms with E-state index in [4.69, 9.17) is 4.74 Å². The zero-order valence-corrected chi connectivity index (χ0v) is 18.5. The lowest BCUT2D eigenvalue weighted by Gasteiger charge is -2.22. The number of thiazole rings is 1. The summed E-state index contributed by atoms with van der Waals surface area (Å²) in [6, 6.07) is 0. The van der Waals surface area contributed by atoms with Crippen LogP contribution in [0.15, 0.2) is 10.4 Å². The Hall–Kier alpha value is -1.67. The van der Waals surface area contributed by atoms with E-state index in [0.29, 0.717) is 19.6 Å². The smallest absolute Gasteiger partial charge is 0.223 e. The van der Waals surface area contributed by atoms with Gasteiger partial charge in [0.15, 0.2) is 5.96 Å². The van der Waals surface area contributed by atoms with Crippen LogP contribution in [0, 0.1) is 5.92 Å². The van der Waals surface area contributed by atoms with Crippen molar-refractivity contribution in [2.45, 2.75) is 58.6 Å². The number of hydrogen-bond acceptors (Lipinski definition) is 5. The van der Waals surface area contributed by atoms with Crippen LogP contribution in [0.5, 0.6) is 0 Å². The number of rotatable bonds is 9. The predicted octanol–water partition coefficient (Wildman–Crippen LogP) is 2.94. The quantitative estimate of drug-likeness (QED) is 0.372. The second-order valence-corrected chi connectivity index (χ2v) is 8.16. The summed E-state index contributed by atoms with van der Waals surface area (Å²) in [6.07, 6.45) is 5.67. The number of aromatic nitrogens is 1. The lowest BCUT2D eigenvalue weighted by atomic mass is 9.89. The van der Waals surface area contributed by atoms with Crippen LogP contribution in [0.3, 0.4) is 0 Å². The molecule has 28 heavy (non-hydrogen) atoms. The average Bonchev–Trinajstić information content (AvgIpc) is 3.18. The molecule has 1 atom stereocenters. The summed E-state index contributed by atoms with van der Waals surface area (Å²) in [4.78, 5) is 23.6. The fourth-order valence-electron chi connectivity index (χ4n) is 3.32. The van der Waals surface area contributed by atoms with Gasteiger partial charge in [-0.05, 0) is 26.7 Å². The number of carbonyl (C=O) groups is 1. The standard InChI is InChI=1S/C20H35N5O2S/c1-5-21-20(23-12-11-22-18(26)16-9-7-6-8-10-16)25(3)13-17-14-28-19(24-17)15(2)27-4/h14-16H,5-13H2,1-4H3,(H,21,23)(H,22,26). The topological polar surface area (TPSA) is 78.9 Å². The number of nitrogens with one attached hydrogen (secondary N) is 2. The Morgan fingerprint density at radius 3 is 2.82 bits per heavy atom. The third-order valence-corrected chi connectivity index (χ3v) is 6.07. The molecule has 8 heteroatoms. The highest BCUT2D eigenvalue weighted by Gasteiger charge is 2.20. The molecule has 7 nitrogen and oxygen atoms in total. The van der Waals surface area contributed by atoms with Crippen molar-refractivity contribution in [3.05, 3.63) is 16.1 Å².